The number of carbonyl (C=O) groups is 1. The second-order valence-corrected chi connectivity index (χ2v) is 19.2. The standard InChI is InChI=1S/C24H53N4O8P3/c1-10-34-37(7,31)19-25-13-14-26(20-38(8,32)35-11-2)17-22(18-28(23(29)30)24(4,5)6)27(16-15-25)21-39(9,33)36-12-3/h22H,10-21H2,1-9H3,(H,29,30). The lowest BCUT2D eigenvalue weighted by atomic mass is 10.0. The summed E-state index contributed by atoms with van der Waals surface area (Å²) < 4.78 is 56.4. The summed E-state index contributed by atoms with van der Waals surface area (Å²) in [7, 11) is -8.88. The molecule has 0 aromatic carbocycles. The minimum absolute atomic E-state index is 0.134. The van der Waals surface area contributed by atoms with Crippen LogP contribution in [0.25, 0.3) is 0 Å². The van der Waals surface area contributed by atoms with Crippen molar-refractivity contribution >= 4 is 28.2 Å². The molecule has 232 valence electrons. The molecule has 1 saturated heterocycles. The fraction of sp³-hybridized carbons (Fsp3) is 0.958. The van der Waals surface area contributed by atoms with Gasteiger partial charge in [0, 0.05) is 70.8 Å². The van der Waals surface area contributed by atoms with E-state index in [2.05, 4.69) is 4.90 Å². The van der Waals surface area contributed by atoms with Gasteiger partial charge in [0.15, 0.2) is 0 Å². The van der Waals surface area contributed by atoms with E-state index in [4.69, 9.17) is 13.6 Å². The van der Waals surface area contributed by atoms with E-state index in [1.807, 2.05) is 37.5 Å². The van der Waals surface area contributed by atoms with Crippen LogP contribution in [0.1, 0.15) is 41.5 Å². The number of hydrogen-bond acceptors (Lipinski definition) is 10. The third-order valence-electron chi connectivity index (χ3n) is 6.41. The van der Waals surface area contributed by atoms with Crippen molar-refractivity contribution in [3.8, 4) is 0 Å². The molecular weight excluding hydrogens is 565 g/mol. The first-order chi connectivity index (χ1) is 17.8. The molecule has 1 N–H and O–H groups in total. The Hall–Kier alpha value is -0.280. The van der Waals surface area contributed by atoms with E-state index in [-0.39, 0.29) is 31.4 Å². The Kier molecular flexibility index (Phi) is 14.9. The monoisotopic (exact) mass is 618 g/mol. The maximum Gasteiger partial charge on any atom is 0.407 e. The third kappa shape index (κ3) is 14.0. The first-order valence-corrected chi connectivity index (χ1v) is 20.4. The van der Waals surface area contributed by atoms with Crippen molar-refractivity contribution in [3.63, 3.8) is 0 Å². The number of nitrogens with zero attached hydrogens (tertiary/aromatic N) is 4. The molecule has 0 aliphatic carbocycles. The first-order valence-electron chi connectivity index (χ1n) is 13.7. The van der Waals surface area contributed by atoms with Crippen LogP contribution in [0.15, 0.2) is 0 Å². The highest BCUT2D eigenvalue weighted by molar-refractivity contribution is 7.58. The van der Waals surface area contributed by atoms with Crippen molar-refractivity contribution in [1.82, 2.24) is 19.6 Å². The molecule has 1 fully saturated rings. The van der Waals surface area contributed by atoms with Gasteiger partial charge >= 0.3 is 6.09 Å². The van der Waals surface area contributed by atoms with Crippen molar-refractivity contribution in [2.24, 2.45) is 0 Å². The SMILES string of the molecule is CCOP(C)(=O)CN1CCN(CP(C)(=O)OCC)CC(CN(C(=O)O)C(C)(C)C)N(CP(C)(=O)OCC)CC1. The Labute approximate surface area is 236 Å². The topological polar surface area (TPSA) is 129 Å². The smallest absolute Gasteiger partial charge is 0.407 e. The quantitative estimate of drug-likeness (QED) is 0.271. The molecule has 0 spiro atoms. The molecule has 0 aromatic rings. The van der Waals surface area contributed by atoms with Crippen LogP contribution in [-0.2, 0) is 27.3 Å². The molecule has 39 heavy (non-hydrogen) atoms. The van der Waals surface area contributed by atoms with Gasteiger partial charge in [0.2, 0.25) is 22.1 Å². The highest BCUT2D eigenvalue weighted by Crippen LogP contribution is 2.46. The molecule has 1 amide bonds. The molecule has 4 atom stereocenters. The van der Waals surface area contributed by atoms with E-state index in [1.54, 1.807) is 33.8 Å². The van der Waals surface area contributed by atoms with Crippen molar-refractivity contribution < 1.29 is 37.2 Å². The largest absolute Gasteiger partial charge is 0.465 e. The van der Waals surface area contributed by atoms with Gasteiger partial charge in [-0.3, -0.25) is 28.4 Å². The van der Waals surface area contributed by atoms with Gasteiger partial charge in [-0.25, -0.2) is 4.79 Å². The number of amides is 1. The summed E-state index contributed by atoms with van der Waals surface area (Å²) in [5.41, 5.74) is -0.666. The maximum atomic E-state index is 13.4. The Morgan fingerprint density at radius 3 is 1.64 bits per heavy atom. The van der Waals surface area contributed by atoms with E-state index in [9.17, 15) is 23.6 Å². The molecule has 1 rings (SSSR count). The van der Waals surface area contributed by atoms with Crippen molar-refractivity contribution in [2.75, 3.05) is 97.9 Å². The fourth-order valence-corrected chi connectivity index (χ4v) is 9.74. The molecule has 1 aliphatic rings. The van der Waals surface area contributed by atoms with Crippen molar-refractivity contribution in [3.05, 3.63) is 0 Å². The molecule has 0 bridgehead atoms. The van der Waals surface area contributed by atoms with Crippen LogP contribution in [-0.4, -0.2) is 140 Å². The van der Waals surface area contributed by atoms with Crippen LogP contribution in [0.4, 0.5) is 4.79 Å². The summed E-state index contributed by atoms with van der Waals surface area (Å²) in [5, 5.41) is 10.1. The van der Waals surface area contributed by atoms with Crippen molar-refractivity contribution in [1.29, 1.82) is 0 Å². The second-order valence-electron chi connectivity index (χ2n) is 11.4. The van der Waals surface area contributed by atoms with Crippen molar-refractivity contribution in [2.45, 2.75) is 53.1 Å². The van der Waals surface area contributed by atoms with Crippen LogP contribution < -0.4 is 0 Å². The summed E-state index contributed by atoms with van der Waals surface area (Å²) in [6, 6.07) is -0.365. The normalized spacial score (nSPS) is 23.6. The van der Waals surface area contributed by atoms with E-state index >= 15 is 0 Å². The zero-order valence-corrected chi connectivity index (χ0v) is 28.2. The van der Waals surface area contributed by atoms with Gasteiger partial charge in [0.1, 0.15) is 0 Å². The molecule has 0 aromatic heterocycles. The summed E-state index contributed by atoms with van der Waals surface area (Å²) in [6.45, 7) is 19.3. The highest BCUT2D eigenvalue weighted by Gasteiger charge is 2.36. The molecule has 1 aliphatic heterocycles. The molecule has 4 unspecified atom stereocenters. The lowest BCUT2D eigenvalue weighted by Gasteiger charge is -2.41. The number of carboxylic acid groups (broad SMARTS) is 1. The Balaban J connectivity index is 3.51. The lowest BCUT2D eigenvalue weighted by molar-refractivity contribution is 0.0648. The van der Waals surface area contributed by atoms with Crippen LogP contribution >= 0.6 is 22.1 Å². The second kappa shape index (κ2) is 15.8. The van der Waals surface area contributed by atoms with Gasteiger partial charge in [-0.15, -0.1) is 0 Å². The molecule has 1 heterocycles. The summed E-state index contributed by atoms with van der Waals surface area (Å²) in [6.07, 6.45) is -0.471. The molecule has 0 saturated carbocycles. The summed E-state index contributed by atoms with van der Waals surface area (Å²) in [4.78, 5) is 19.8. The Morgan fingerprint density at radius 2 is 1.21 bits per heavy atom. The van der Waals surface area contributed by atoms with Gasteiger partial charge in [-0.05, 0) is 41.5 Å². The lowest BCUT2D eigenvalue weighted by Crippen LogP contribution is -2.56. The molecular formula is C24H53N4O8P3. The van der Waals surface area contributed by atoms with E-state index in [0.29, 0.717) is 52.5 Å². The van der Waals surface area contributed by atoms with Crippen LogP contribution in [0.5, 0.6) is 0 Å². The van der Waals surface area contributed by atoms with Crippen LogP contribution in [0.3, 0.4) is 0 Å². The minimum Gasteiger partial charge on any atom is -0.465 e. The van der Waals surface area contributed by atoms with Gasteiger partial charge in [0.25, 0.3) is 0 Å². The van der Waals surface area contributed by atoms with Gasteiger partial charge < -0.3 is 23.6 Å². The Morgan fingerprint density at radius 1 is 0.795 bits per heavy atom. The van der Waals surface area contributed by atoms with Gasteiger partial charge in [0.05, 0.1) is 38.7 Å². The number of hydrogen-bond donors (Lipinski definition) is 1. The van der Waals surface area contributed by atoms with Gasteiger partial charge in [-0.1, -0.05) is 0 Å². The molecule has 15 heteroatoms. The summed E-state index contributed by atoms with van der Waals surface area (Å²) in [5.74, 6) is 0. The Bertz CT molecular complexity index is 916. The summed E-state index contributed by atoms with van der Waals surface area (Å²) >= 11 is 0. The predicted octanol–water partition coefficient (Wildman–Crippen LogP) is 4.76. The molecule has 12 nitrogen and oxygen atoms in total. The van der Waals surface area contributed by atoms with Gasteiger partial charge in [-0.2, -0.15) is 0 Å². The van der Waals surface area contributed by atoms with Crippen LogP contribution in [0.2, 0.25) is 0 Å². The molecule has 0 radical (unpaired) electrons. The van der Waals surface area contributed by atoms with E-state index in [1.165, 1.54) is 4.90 Å². The maximum absolute atomic E-state index is 13.4. The first kappa shape index (κ1) is 36.7. The predicted molar refractivity (Wildman–Crippen MR) is 158 cm³/mol. The average Bonchev–Trinajstić information content (AvgIpc) is 2.81. The fourth-order valence-electron chi connectivity index (χ4n) is 4.83. The van der Waals surface area contributed by atoms with E-state index in [0.717, 1.165) is 0 Å². The van der Waals surface area contributed by atoms with Crippen LogP contribution in [0, 0.1) is 0 Å². The average molecular weight is 619 g/mol. The minimum atomic E-state index is -3.03. The third-order valence-corrected chi connectivity index (χ3v) is 11.5. The zero-order chi connectivity index (χ0) is 30.1. The number of rotatable bonds is 14. The highest BCUT2D eigenvalue weighted by atomic mass is 31.2. The zero-order valence-electron chi connectivity index (χ0n) is 25.5. The van der Waals surface area contributed by atoms with E-state index < -0.39 is 33.7 Å².